The van der Waals surface area contributed by atoms with Gasteiger partial charge in [0.05, 0.1) is 5.39 Å². The first kappa shape index (κ1) is 25.3. The molecular formula is C29H29F3N6O2. The number of ether oxygens (including phenoxy) is 1. The number of benzene rings is 2. The van der Waals surface area contributed by atoms with Crippen LogP contribution >= 0.6 is 0 Å². The van der Waals surface area contributed by atoms with Crippen LogP contribution in [-0.2, 0) is 0 Å². The number of halogens is 3. The number of nitrogens with one attached hydrogen (secondary N) is 1. The van der Waals surface area contributed by atoms with Gasteiger partial charge in [0.15, 0.2) is 17.5 Å². The largest absolute Gasteiger partial charge is 0.508 e. The first-order valence-electron chi connectivity index (χ1n) is 13.7. The molecule has 0 aliphatic carbocycles. The van der Waals surface area contributed by atoms with E-state index >= 15 is 4.39 Å². The van der Waals surface area contributed by atoms with Crippen LogP contribution in [0, 0.1) is 17.5 Å². The Labute approximate surface area is 228 Å². The fraction of sp³-hybridized carbons (Fsp3) is 0.414. The van der Waals surface area contributed by atoms with Crippen molar-refractivity contribution in [3.8, 4) is 23.0 Å². The van der Waals surface area contributed by atoms with Gasteiger partial charge in [-0.1, -0.05) is 6.07 Å². The number of piperidine rings is 2. The van der Waals surface area contributed by atoms with Crippen molar-refractivity contribution in [2.75, 3.05) is 38.2 Å². The van der Waals surface area contributed by atoms with E-state index in [1.54, 1.807) is 0 Å². The molecule has 2 bridgehead atoms. The number of fused-ring (bicyclic) bond motifs is 5. The van der Waals surface area contributed by atoms with Crippen LogP contribution in [0.2, 0.25) is 0 Å². The van der Waals surface area contributed by atoms with Gasteiger partial charge in [0.1, 0.15) is 29.4 Å². The van der Waals surface area contributed by atoms with Crippen molar-refractivity contribution >= 4 is 27.5 Å². The average Bonchev–Trinajstić information content (AvgIpc) is 3.38. The lowest BCUT2D eigenvalue weighted by Crippen LogP contribution is -2.61. The summed E-state index contributed by atoms with van der Waals surface area (Å²) < 4.78 is 51.7. The second-order valence-electron chi connectivity index (χ2n) is 11.0. The first-order valence-corrected chi connectivity index (χ1v) is 13.7. The molecule has 8 nitrogen and oxygen atoms in total. The van der Waals surface area contributed by atoms with Crippen molar-refractivity contribution in [1.82, 2.24) is 25.2 Å². The maximum absolute atomic E-state index is 16.4. The van der Waals surface area contributed by atoms with Crippen LogP contribution in [0.1, 0.15) is 25.7 Å². The molecule has 40 heavy (non-hydrogen) atoms. The Morgan fingerprint density at radius 3 is 2.70 bits per heavy atom. The Kier molecular flexibility index (Phi) is 6.16. The zero-order valence-corrected chi connectivity index (χ0v) is 22.0. The maximum atomic E-state index is 16.4. The number of nitrogens with zero attached hydrogens (tertiary/aromatic N) is 5. The molecule has 4 fully saturated rings. The molecule has 4 aromatic rings. The highest BCUT2D eigenvalue weighted by molar-refractivity contribution is 6.00. The summed E-state index contributed by atoms with van der Waals surface area (Å²) in [4.78, 5) is 18.0. The molecule has 4 aliphatic rings. The minimum atomic E-state index is -1.14. The summed E-state index contributed by atoms with van der Waals surface area (Å²) >= 11 is 0. The Morgan fingerprint density at radius 2 is 1.98 bits per heavy atom. The molecule has 0 radical (unpaired) electrons. The van der Waals surface area contributed by atoms with Gasteiger partial charge < -0.3 is 25.0 Å². The number of piperazine rings is 1. The van der Waals surface area contributed by atoms with E-state index in [0.29, 0.717) is 30.4 Å². The fourth-order valence-corrected chi connectivity index (χ4v) is 6.39. The SMILES string of the molecule is CN1CCC[C@H]1COc1nc(N2CC3CCC2CN3)c2cnc(-c3cc(O)cc4ccc(F)c(F)c34)c(F)c2n1. The number of likely N-dealkylation sites (tertiary alicyclic amines) is 1. The van der Waals surface area contributed by atoms with Gasteiger partial charge in [-0.2, -0.15) is 9.97 Å². The van der Waals surface area contributed by atoms with Gasteiger partial charge in [-0.15, -0.1) is 0 Å². The summed E-state index contributed by atoms with van der Waals surface area (Å²) in [6.45, 7) is 2.87. The predicted molar refractivity (Wildman–Crippen MR) is 145 cm³/mol. The number of rotatable bonds is 5. The van der Waals surface area contributed by atoms with Crippen molar-refractivity contribution in [1.29, 1.82) is 0 Å². The van der Waals surface area contributed by atoms with Crippen molar-refractivity contribution < 1.29 is 23.0 Å². The molecule has 4 aliphatic heterocycles. The number of pyridine rings is 1. The van der Waals surface area contributed by atoms with Crippen molar-refractivity contribution in [2.45, 2.75) is 43.8 Å². The van der Waals surface area contributed by atoms with Crippen LogP contribution in [0.4, 0.5) is 19.0 Å². The van der Waals surface area contributed by atoms with Crippen LogP contribution < -0.4 is 15.0 Å². The number of anilines is 1. The van der Waals surface area contributed by atoms with Gasteiger partial charge in [-0.3, -0.25) is 4.98 Å². The van der Waals surface area contributed by atoms with Gasteiger partial charge >= 0.3 is 6.01 Å². The molecule has 2 aromatic heterocycles. The lowest BCUT2D eigenvalue weighted by molar-refractivity contribution is 0.188. The van der Waals surface area contributed by atoms with E-state index in [1.807, 2.05) is 7.05 Å². The van der Waals surface area contributed by atoms with Crippen LogP contribution in [0.3, 0.4) is 0 Å². The summed E-state index contributed by atoms with van der Waals surface area (Å²) in [5.74, 6) is -2.71. The quantitative estimate of drug-likeness (QED) is 0.379. The van der Waals surface area contributed by atoms with E-state index in [1.165, 1.54) is 24.4 Å². The van der Waals surface area contributed by atoms with Gasteiger partial charge in [-0.25, -0.2) is 13.2 Å². The number of phenolic OH excluding ortho intramolecular Hbond substituents is 1. The third kappa shape index (κ3) is 4.19. The van der Waals surface area contributed by atoms with E-state index in [2.05, 4.69) is 25.1 Å². The van der Waals surface area contributed by atoms with Crippen molar-refractivity contribution in [2.24, 2.45) is 0 Å². The topological polar surface area (TPSA) is 86.6 Å². The van der Waals surface area contributed by atoms with E-state index in [0.717, 1.165) is 44.8 Å². The van der Waals surface area contributed by atoms with Crippen molar-refractivity contribution in [3.05, 3.63) is 47.9 Å². The highest BCUT2D eigenvalue weighted by atomic mass is 19.2. The number of hydrogen-bond acceptors (Lipinski definition) is 8. The molecule has 2 aromatic carbocycles. The second kappa shape index (κ2) is 9.74. The van der Waals surface area contributed by atoms with Gasteiger partial charge in [0, 0.05) is 48.4 Å². The minimum absolute atomic E-state index is 0.0208. The third-order valence-corrected chi connectivity index (χ3v) is 8.59. The van der Waals surface area contributed by atoms with E-state index < -0.39 is 17.5 Å². The molecule has 4 saturated heterocycles. The number of phenols is 1. The monoisotopic (exact) mass is 550 g/mol. The number of hydrogen-bond donors (Lipinski definition) is 2. The lowest BCUT2D eigenvalue weighted by atomic mass is 9.93. The molecule has 8 rings (SSSR count). The van der Waals surface area contributed by atoms with Crippen molar-refractivity contribution in [3.63, 3.8) is 0 Å². The molecule has 3 atom stereocenters. The highest BCUT2D eigenvalue weighted by Crippen LogP contribution is 2.39. The molecule has 0 amide bonds. The zero-order valence-electron chi connectivity index (χ0n) is 22.0. The Balaban J connectivity index is 1.39. The standard InChI is InChI=1S/C29H29F3N6O2/c1-37-8-2-3-18(37)14-40-29-35-27-21(28(36-29)38-13-16-5-6-17(38)11-33-16)12-34-26(25(27)32)20-10-19(39)9-15-4-7-22(30)24(31)23(15)20/h4,7,9-10,12,16-18,33,39H,2-3,5-6,8,11,13-14H2,1H3/t16?,17?,18-/m0/s1. The summed E-state index contributed by atoms with van der Waals surface area (Å²) in [7, 11) is 2.05. The summed E-state index contributed by atoms with van der Waals surface area (Å²) in [6, 6.07) is 5.56. The summed E-state index contributed by atoms with van der Waals surface area (Å²) in [5.41, 5.74) is -0.332. The van der Waals surface area contributed by atoms with E-state index in [4.69, 9.17) is 9.72 Å². The first-order chi connectivity index (χ1) is 19.4. The van der Waals surface area contributed by atoms with Gasteiger partial charge in [-0.05, 0) is 62.9 Å². The maximum Gasteiger partial charge on any atom is 0.319 e. The van der Waals surface area contributed by atoms with Gasteiger partial charge in [0.2, 0.25) is 0 Å². The third-order valence-electron chi connectivity index (χ3n) is 8.59. The van der Waals surface area contributed by atoms with E-state index in [-0.39, 0.29) is 51.4 Å². The average molecular weight is 551 g/mol. The molecule has 208 valence electrons. The zero-order chi connectivity index (χ0) is 27.5. The summed E-state index contributed by atoms with van der Waals surface area (Å²) in [6.07, 6.45) is 5.59. The smallest absolute Gasteiger partial charge is 0.319 e. The highest BCUT2D eigenvalue weighted by Gasteiger charge is 2.36. The molecule has 6 heterocycles. The minimum Gasteiger partial charge on any atom is -0.508 e. The van der Waals surface area contributed by atoms with E-state index in [9.17, 15) is 13.9 Å². The molecule has 11 heteroatoms. The molecule has 2 N–H and O–H groups in total. The number of aromatic hydroxyl groups is 1. The molecular weight excluding hydrogens is 521 g/mol. The predicted octanol–water partition coefficient (Wildman–Crippen LogP) is 4.38. The van der Waals surface area contributed by atoms with Crippen LogP contribution in [-0.4, -0.2) is 76.4 Å². The Hall–Kier alpha value is -3.70. The second-order valence-corrected chi connectivity index (χ2v) is 11.0. The Morgan fingerprint density at radius 1 is 1.10 bits per heavy atom. The molecule has 0 saturated carbocycles. The summed E-state index contributed by atoms with van der Waals surface area (Å²) in [5, 5.41) is 14.3. The number of aromatic nitrogens is 3. The van der Waals surface area contributed by atoms with Gasteiger partial charge in [0.25, 0.3) is 0 Å². The fourth-order valence-electron chi connectivity index (χ4n) is 6.39. The van der Waals surface area contributed by atoms with Crippen LogP contribution in [0.25, 0.3) is 32.9 Å². The molecule has 2 unspecified atom stereocenters. The number of likely N-dealkylation sites (N-methyl/N-ethyl adjacent to an activating group) is 1. The van der Waals surface area contributed by atoms with Crippen LogP contribution in [0.15, 0.2) is 30.5 Å². The lowest BCUT2D eigenvalue weighted by Gasteiger charge is -2.46. The van der Waals surface area contributed by atoms with Crippen LogP contribution in [0.5, 0.6) is 11.8 Å². The molecule has 0 spiro atoms. The Bertz CT molecular complexity index is 1630. The normalized spacial score (nSPS) is 23.0.